The maximum atomic E-state index is 12.1. The maximum Gasteiger partial charge on any atom is 0.252 e. The smallest absolute Gasteiger partial charge is 0.252 e. The number of nitrogens with one attached hydrogen (secondary N) is 3. The van der Waals surface area contributed by atoms with Gasteiger partial charge in [0.25, 0.3) is 5.91 Å². The van der Waals surface area contributed by atoms with Crippen LogP contribution in [0.4, 0.5) is 5.69 Å². The van der Waals surface area contributed by atoms with Crippen molar-refractivity contribution in [2.24, 2.45) is 0 Å². The van der Waals surface area contributed by atoms with E-state index in [1.807, 2.05) is 6.07 Å². The van der Waals surface area contributed by atoms with E-state index >= 15 is 0 Å². The third-order valence-corrected chi connectivity index (χ3v) is 3.63. The number of rotatable bonds is 2. The molecule has 0 aliphatic carbocycles. The normalized spacial score (nSPS) is 20.9. The van der Waals surface area contributed by atoms with Gasteiger partial charge in [-0.15, -0.1) is 0 Å². The average molecular weight is 273 g/mol. The molecule has 6 nitrogen and oxygen atoms in total. The fourth-order valence-corrected chi connectivity index (χ4v) is 2.50. The number of carbonyl (C=O) groups excluding carboxylic acids is 3. The van der Waals surface area contributed by atoms with E-state index in [9.17, 15) is 14.4 Å². The van der Waals surface area contributed by atoms with Crippen molar-refractivity contribution in [3.63, 3.8) is 0 Å². The molecule has 0 spiro atoms. The Kier molecular flexibility index (Phi) is 3.14. The van der Waals surface area contributed by atoms with E-state index in [-0.39, 0.29) is 18.2 Å². The molecule has 1 saturated heterocycles. The van der Waals surface area contributed by atoms with Gasteiger partial charge in [0.2, 0.25) is 11.8 Å². The lowest BCUT2D eigenvalue weighted by Gasteiger charge is -2.21. The zero-order valence-electron chi connectivity index (χ0n) is 10.9. The molecule has 3 rings (SSSR count). The van der Waals surface area contributed by atoms with Crippen LogP contribution in [0.1, 0.15) is 28.8 Å². The molecule has 104 valence electrons. The molecule has 2 aliphatic heterocycles. The lowest BCUT2D eigenvalue weighted by Crippen LogP contribution is -2.52. The van der Waals surface area contributed by atoms with Crippen LogP contribution in [-0.4, -0.2) is 30.3 Å². The summed E-state index contributed by atoms with van der Waals surface area (Å²) in [6.07, 6.45) is 1.56. The fraction of sp³-hybridized carbons (Fsp3) is 0.357. The molecule has 3 N–H and O–H groups in total. The van der Waals surface area contributed by atoms with Crippen LogP contribution in [-0.2, 0) is 16.0 Å². The second kappa shape index (κ2) is 4.96. The molecular formula is C14H15N3O3. The van der Waals surface area contributed by atoms with Crippen molar-refractivity contribution in [3.8, 4) is 0 Å². The Balaban J connectivity index is 1.70. The number of benzene rings is 1. The Bertz CT molecular complexity index is 597. The Hall–Kier alpha value is -2.37. The first-order valence-electron chi connectivity index (χ1n) is 6.65. The second-order valence-corrected chi connectivity index (χ2v) is 5.03. The van der Waals surface area contributed by atoms with E-state index in [1.54, 1.807) is 12.1 Å². The van der Waals surface area contributed by atoms with Crippen molar-refractivity contribution in [2.75, 3.05) is 11.9 Å². The van der Waals surface area contributed by atoms with Gasteiger partial charge in [-0.3, -0.25) is 19.7 Å². The molecule has 1 atom stereocenters. The van der Waals surface area contributed by atoms with Crippen molar-refractivity contribution in [3.05, 3.63) is 29.3 Å². The number of piperidine rings is 1. The van der Waals surface area contributed by atoms with Crippen molar-refractivity contribution < 1.29 is 14.4 Å². The topological polar surface area (TPSA) is 87.3 Å². The van der Waals surface area contributed by atoms with Crippen LogP contribution >= 0.6 is 0 Å². The molecule has 0 radical (unpaired) electrons. The van der Waals surface area contributed by atoms with Gasteiger partial charge in [-0.25, -0.2) is 0 Å². The minimum Gasteiger partial charge on any atom is -0.384 e. The number of carbonyl (C=O) groups is 3. The van der Waals surface area contributed by atoms with E-state index in [1.165, 1.54) is 5.56 Å². The van der Waals surface area contributed by atoms with Crippen molar-refractivity contribution in [1.29, 1.82) is 0 Å². The summed E-state index contributed by atoms with van der Waals surface area (Å²) >= 11 is 0. The second-order valence-electron chi connectivity index (χ2n) is 5.03. The Morgan fingerprint density at radius 1 is 1.25 bits per heavy atom. The van der Waals surface area contributed by atoms with Crippen molar-refractivity contribution in [2.45, 2.75) is 25.3 Å². The van der Waals surface area contributed by atoms with E-state index in [0.29, 0.717) is 12.0 Å². The summed E-state index contributed by atoms with van der Waals surface area (Å²) in [4.78, 5) is 34.8. The Labute approximate surface area is 115 Å². The van der Waals surface area contributed by atoms with E-state index < -0.39 is 11.9 Å². The zero-order valence-corrected chi connectivity index (χ0v) is 10.9. The van der Waals surface area contributed by atoms with Gasteiger partial charge in [0.15, 0.2) is 0 Å². The summed E-state index contributed by atoms with van der Waals surface area (Å²) in [5.41, 5.74) is 2.69. The molecular weight excluding hydrogens is 258 g/mol. The monoisotopic (exact) mass is 273 g/mol. The van der Waals surface area contributed by atoms with Gasteiger partial charge in [-0.1, -0.05) is 6.07 Å². The highest BCUT2D eigenvalue weighted by Crippen LogP contribution is 2.23. The minimum absolute atomic E-state index is 0.252. The first-order chi connectivity index (χ1) is 9.63. The predicted molar refractivity (Wildman–Crippen MR) is 72.3 cm³/mol. The number of amides is 3. The molecule has 2 aliphatic rings. The molecule has 3 amide bonds. The number of fused-ring (bicyclic) bond motifs is 1. The van der Waals surface area contributed by atoms with Crippen LogP contribution in [0.3, 0.4) is 0 Å². The van der Waals surface area contributed by atoms with Crippen molar-refractivity contribution in [1.82, 2.24) is 10.6 Å². The lowest BCUT2D eigenvalue weighted by molar-refractivity contribution is -0.134. The van der Waals surface area contributed by atoms with Gasteiger partial charge in [0, 0.05) is 24.2 Å². The molecule has 1 aromatic carbocycles. The Morgan fingerprint density at radius 3 is 2.90 bits per heavy atom. The SMILES string of the molecule is O=C1CCC(NC(=O)c2ccc3c(c2)NCC3)C(=O)N1. The molecule has 2 heterocycles. The first-order valence-corrected chi connectivity index (χ1v) is 6.65. The molecule has 0 saturated carbocycles. The Morgan fingerprint density at radius 2 is 2.10 bits per heavy atom. The quantitative estimate of drug-likeness (QED) is 0.671. The van der Waals surface area contributed by atoms with Gasteiger partial charge in [0.1, 0.15) is 6.04 Å². The predicted octanol–water partition coefficient (Wildman–Crippen LogP) is 0.190. The summed E-state index contributed by atoms with van der Waals surface area (Å²) < 4.78 is 0. The molecule has 20 heavy (non-hydrogen) atoms. The zero-order chi connectivity index (χ0) is 14.1. The molecule has 1 fully saturated rings. The van der Waals surface area contributed by atoms with Gasteiger partial charge in [-0.2, -0.15) is 0 Å². The van der Waals surface area contributed by atoms with Crippen LogP contribution in [0.5, 0.6) is 0 Å². The summed E-state index contributed by atoms with van der Waals surface area (Å²) in [6, 6.07) is 4.84. The van der Waals surface area contributed by atoms with Gasteiger partial charge < -0.3 is 10.6 Å². The van der Waals surface area contributed by atoms with Crippen LogP contribution in [0.15, 0.2) is 18.2 Å². The third kappa shape index (κ3) is 2.36. The number of imide groups is 1. The van der Waals surface area contributed by atoms with E-state index in [0.717, 1.165) is 18.7 Å². The number of hydrogen-bond donors (Lipinski definition) is 3. The highest BCUT2D eigenvalue weighted by atomic mass is 16.2. The molecule has 6 heteroatoms. The molecule has 0 bridgehead atoms. The van der Waals surface area contributed by atoms with Gasteiger partial charge in [0.05, 0.1) is 0 Å². The highest BCUT2D eigenvalue weighted by Gasteiger charge is 2.28. The van der Waals surface area contributed by atoms with Crippen LogP contribution < -0.4 is 16.0 Å². The number of anilines is 1. The average Bonchev–Trinajstić information content (AvgIpc) is 2.89. The third-order valence-electron chi connectivity index (χ3n) is 3.63. The van der Waals surface area contributed by atoms with Gasteiger partial charge >= 0.3 is 0 Å². The van der Waals surface area contributed by atoms with E-state index in [4.69, 9.17) is 0 Å². The maximum absolute atomic E-state index is 12.1. The molecule has 1 aromatic rings. The summed E-state index contributed by atoms with van der Waals surface area (Å²) in [5, 5.41) is 8.10. The largest absolute Gasteiger partial charge is 0.384 e. The first kappa shape index (κ1) is 12.7. The fourth-order valence-electron chi connectivity index (χ4n) is 2.50. The summed E-state index contributed by atoms with van der Waals surface area (Å²) in [7, 11) is 0. The van der Waals surface area contributed by atoms with Crippen LogP contribution in [0.2, 0.25) is 0 Å². The van der Waals surface area contributed by atoms with Crippen LogP contribution in [0.25, 0.3) is 0 Å². The standard InChI is InChI=1S/C14H15N3O3/c18-12-4-3-10(14(20)17-12)16-13(19)9-2-1-8-5-6-15-11(8)7-9/h1-2,7,10,15H,3-6H2,(H,16,19)(H,17,18,20). The molecule has 0 aromatic heterocycles. The van der Waals surface area contributed by atoms with Crippen LogP contribution in [0, 0.1) is 0 Å². The van der Waals surface area contributed by atoms with Gasteiger partial charge in [-0.05, 0) is 30.5 Å². The highest BCUT2D eigenvalue weighted by molar-refractivity contribution is 6.04. The summed E-state index contributed by atoms with van der Waals surface area (Å²) in [6.45, 7) is 0.882. The summed E-state index contributed by atoms with van der Waals surface area (Å²) in [5.74, 6) is -1.02. The number of hydrogen-bond acceptors (Lipinski definition) is 4. The van der Waals surface area contributed by atoms with E-state index in [2.05, 4.69) is 16.0 Å². The minimum atomic E-state index is -0.638. The lowest BCUT2D eigenvalue weighted by atomic mass is 10.0. The molecule has 1 unspecified atom stereocenters. The van der Waals surface area contributed by atoms with Crippen molar-refractivity contribution >= 4 is 23.4 Å².